The summed E-state index contributed by atoms with van der Waals surface area (Å²) in [4.78, 5) is 19.6. The molecule has 3 N–H and O–H groups in total. The third kappa shape index (κ3) is 10.1. The molecule has 2 unspecified atom stereocenters. The van der Waals surface area contributed by atoms with Crippen LogP contribution in [0.1, 0.15) is 58.1 Å². The number of ether oxygens (including phenoxy) is 1. The largest absolute Gasteiger partial charge is 0.394 e. The Hall–Kier alpha value is -1.72. The highest BCUT2D eigenvalue weighted by molar-refractivity contribution is 5.82. The van der Waals surface area contributed by atoms with Crippen molar-refractivity contribution in [3.63, 3.8) is 0 Å². The van der Waals surface area contributed by atoms with Gasteiger partial charge in [-0.2, -0.15) is 0 Å². The van der Waals surface area contributed by atoms with Gasteiger partial charge in [0.2, 0.25) is 0 Å². The van der Waals surface area contributed by atoms with E-state index in [1.165, 1.54) is 26.7 Å². The molecule has 0 heterocycles. The molecule has 0 aliphatic rings. The van der Waals surface area contributed by atoms with Crippen LogP contribution in [0.25, 0.3) is 0 Å². The summed E-state index contributed by atoms with van der Waals surface area (Å²) >= 11 is 0. The van der Waals surface area contributed by atoms with Gasteiger partial charge < -0.3 is 15.6 Å². The molecule has 22 heavy (non-hydrogen) atoms. The minimum absolute atomic E-state index is 0.140. The average Bonchev–Trinajstić information content (AvgIpc) is 2.46. The van der Waals surface area contributed by atoms with Gasteiger partial charge in [0.15, 0.2) is 0 Å². The van der Waals surface area contributed by atoms with E-state index in [9.17, 15) is 14.7 Å². The SMILES string of the molecule is CC(=O)OC(C)=O.CCCCCC(N)C(O)c1ccccc1. The first-order chi connectivity index (χ1) is 10.4. The maximum absolute atomic E-state index is 9.96. The molecule has 0 radical (unpaired) electrons. The van der Waals surface area contributed by atoms with Crippen LogP contribution in [0.2, 0.25) is 0 Å². The highest BCUT2D eigenvalue weighted by atomic mass is 16.6. The molecule has 2 atom stereocenters. The van der Waals surface area contributed by atoms with Gasteiger partial charge in [-0.1, -0.05) is 56.5 Å². The molecule has 0 aliphatic heterocycles. The van der Waals surface area contributed by atoms with Gasteiger partial charge in [0.1, 0.15) is 0 Å². The van der Waals surface area contributed by atoms with Gasteiger partial charge in [-0.15, -0.1) is 0 Å². The van der Waals surface area contributed by atoms with Crippen molar-refractivity contribution in [1.29, 1.82) is 0 Å². The Bertz CT molecular complexity index is 422. The van der Waals surface area contributed by atoms with E-state index in [1.807, 2.05) is 30.3 Å². The fourth-order valence-electron chi connectivity index (χ4n) is 1.89. The van der Waals surface area contributed by atoms with Gasteiger partial charge in [0.05, 0.1) is 6.10 Å². The van der Waals surface area contributed by atoms with E-state index in [1.54, 1.807) is 0 Å². The van der Waals surface area contributed by atoms with Crippen molar-refractivity contribution in [3.05, 3.63) is 35.9 Å². The summed E-state index contributed by atoms with van der Waals surface area (Å²) < 4.78 is 3.97. The number of aliphatic hydroxyl groups excluding tert-OH is 1. The Kier molecular flexibility index (Phi) is 11.0. The topological polar surface area (TPSA) is 89.6 Å². The Morgan fingerprint density at radius 3 is 2.09 bits per heavy atom. The van der Waals surface area contributed by atoms with Crippen molar-refractivity contribution in [2.45, 2.75) is 58.6 Å². The molecule has 1 aromatic rings. The van der Waals surface area contributed by atoms with Crippen LogP contribution in [-0.4, -0.2) is 23.1 Å². The van der Waals surface area contributed by atoms with Crippen LogP contribution in [0.3, 0.4) is 0 Å². The van der Waals surface area contributed by atoms with E-state index in [-0.39, 0.29) is 6.04 Å². The van der Waals surface area contributed by atoms with Crippen LogP contribution in [-0.2, 0) is 14.3 Å². The smallest absolute Gasteiger partial charge is 0.310 e. The lowest BCUT2D eigenvalue weighted by Gasteiger charge is -2.18. The molecule has 5 heteroatoms. The summed E-state index contributed by atoms with van der Waals surface area (Å²) in [7, 11) is 0. The quantitative estimate of drug-likeness (QED) is 0.479. The van der Waals surface area contributed by atoms with Crippen molar-refractivity contribution in [2.24, 2.45) is 5.73 Å². The predicted octanol–water partition coefficient (Wildman–Crippen LogP) is 2.72. The Balaban J connectivity index is 0.000000534. The number of esters is 2. The number of hydrogen-bond donors (Lipinski definition) is 2. The summed E-state index contributed by atoms with van der Waals surface area (Å²) in [5.41, 5.74) is 6.86. The zero-order chi connectivity index (χ0) is 17.0. The molecule has 0 aromatic heterocycles. The van der Waals surface area contributed by atoms with Crippen molar-refractivity contribution in [3.8, 4) is 0 Å². The Labute approximate surface area is 132 Å². The van der Waals surface area contributed by atoms with Crippen LogP contribution in [0.15, 0.2) is 30.3 Å². The summed E-state index contributed by atoms with van der Waals surface area (Å²) in [6, 6.07) is 9.50. The first-order valence-electron chi connectivity index (χ1n) is 7.56. The van der Waals surface area contributed by atoms with Gasteiger partial charge in [0, 0.05) is 19.9 Å². The van der Waals surface area contributed by atoms with E-state index in [2.05, 4.69) is 11.7 Å². The highest BCUT2D eigenvalue weighted by Gasteiger charge is 2.15. The summed E-state index contributed by atoms with van der Waals surface area (Å²) in [6.07, 6.45) is 3.84. The molecule has 124 valence electrons. The molecule has 0 fully saturated rings. The molecule has 0 amide bonds. The van der Waals surface area contributed by atoms with Crippen LogP contribution in [0.5, 0.6) is 0 Å². The second-order valence-electron chi connectivity index (χ2n) is 5.10. The molecular weight excluding hydrogens is 282 g/mol. The van der Waals surface area contributed by atoms with E-state index >= 15 is 0 Å². The lowest BCUT2D eigenvalue weighted by atomic mass is 9.98. The fraction of sp³-hybridized carbons (Fsp3) is 0.529. The predicted molar refractivity (Wildman–Crippen MR) is 86.0 cm³/mol. The van der Waals surface area contributed by atoms with Crippen molar-refractivity contribution in [2.75, 3.05) is 0 Å². The minimum atomic E-state index is -0.562. The monoisotopic (exact) mass is 309 g/mol. The first kappa shape index (κ1) is 20.3. The zero-order valence-electron chi connectivity index (χ0n) is 13.6. The second-order valence-corrected chi connectivity index (χ2v) is 5.10. The molecule has 0 aliphatic carbocycles. The normalized spacial score (nSPS) is 12.6. The summed E-state index contributed by atoms with van der Waals surface area (Å²) in [5, 5.41) is 9.96. The van der Waals surface area contributed by atoms with Gasteiger partial charge in [-0.05, 0) is 12.0 Å². The number of benzene rings is 1. The van der Waals surface area contributed by atoms with E-state index in [0.717, 1.165) is 18.4 Å². The summed E-state index contributed by atoms with van der Waals surface area (Å²) in [5.74, 6) is -1.12. The fourth-order valence-corrected chi connectivity index (χ4v) is 1.89. The molecule has 1 rings (SSSR count). The van der Waals surface area contributed by atoms with Crippen molar-refractivity contribution < 1.29 is 19.4 Å². The minimum Gasteiger partial charge on any atom is -0.394 e. The molecule has 5 nitrogen and oxygen atoms in total. The number of carbonyl (C=O) groups excluding carboxylic acids is 2. The van der Waals surface area contributed by atoms with Gasteiger partial charge >= 0.3 is 11.9 Å². The standard InChI is InChI=1S/C13H21NO.C4H6O3/c1-2-3-5-10-12(14)13(15)11-8-6-4-7-9-11;1-3(5)7-4(2)6/h4,6-9,12-13,15H,2-3,5,10,14H2,1H3;1-2H3. The zero-order valence-corrected chi connectivity index (χ0v) is 13.6. The molecule has 0 spiro atoms. The number of nitrogens with two attached hydrogens (primary N) is 1. The molecule has 0 saturated carbocycles. The van der Waals surface area contributed by atoms with Gasteiger partial charge in [-0.25, -0.2) is 0 Å². The number of carbonyl (C=O) groups is 2. The molecule has 1 aromatic carbocycles. The first-order valence-corrected chi connectivity index (χ1v) is 7.56. The number of hydrogen-bond acceptors (Lipinski definition) is 5. The number of unbranched alkanes of at least 4 members (excludes halogenated alkanes) is 2. The highest BCUT2D eigenvalue weighted by Crippen LogP contribution is 2.18. The Morgan fingerprint density at radius 1 is 1.14 bits per heavy atom. The number of aliphatic hydroxyl groups is 1. The van der Waals surface area contributed by atoms with Crippen molar-refractivity contribution >= 4 is 11.9 Å². The van der Waals surface area contributed by atoms with Gasteiger partial charge in [0.25, 0.3) is 0 Å². The van der Waals surface area contributed by atoms with E-state index in [4.69, 9.17) is 5.73 Å². The third-order valence-electron chi connectivity index (χ3n) is 2.98. The molecular formula is C17H27NO4. The maximum atomic E-state index is 9.96. The van der Waals surface area contributed by atoms with Crippen LogP contribution < -0.4 is 5.73 Å². The van der Waals surface area contributed by atoms with E-state index in [0.29, 0.717) is 0 Å². The molecule has 0 saturated heterocycles. The maximum Gasteiger partial charge on any atom is 0.310 e. The summed E-state index contributed by atoms with van der Waals surface area (Å²) in [6.45, 7) is 4.53. The van der Waals surface area contributed by atoms with Crippen molar-refractivity contribution in [1.82, 2.24) is 0 Å². The average molecular weight is 309 g/mol. The lowest BCUT2D eigenvalue weighted by Crippen LogP contribution is -2.28. The van der Waals surface area contributed by atoms with Crippen LogP contribution >= 0.6 is 0 Å². The van der Waals surface area contributed by atoms with E-state index < -0.39 is 18.0 Å². The van der Waals surface area contributed by atoms with Gasteiger partial charge in [-0.3, -0.25) is 9.59 Å². The number of rotatable bonds is 6. The second kappa shape index (κ2) is 11.9. The third-order valence-corrected chi connectivity index (χ3v) is 2.98. The van der Waals surface area contributed by atoms with Crippen LogP contribution in [0, 0.1) is 0 Å². The molecule has 0 bridgehead atoms. The Morgan fingerprint density at radius 2 is 1.68 bits per heavy atom. The lowest BCUT2D eigenvalue weighted by molar-refractivity contribution is -0.156. The van der Waals surface area contributed by atoms with Crippen LogP contribution in [0.4, 0.5) is 0 Å².